The quantitative estimate of drug-likeness (QED) is 0.330. The second kappa shape index (κ2) is 15.5. The summed E-state index contributed by atoms with van der Waals surface area (Å²) >= 11 is 0. The van der Waals surface area contributed by atoms with Gasteiger partial charge in [-0.3, -0.25) is 4.79 Å². The Balaban J connectivity index is 3.92. The summed E-state index contributed by atoms with van der Waals surface area (Å²) in [7, 11) is 0. The van der Waals surface area contributed by atoms with Crippen LogP contribution in [0.5, 0.6) is 0 Å². The Labute approximate surface area is 130 Å². The van der Waals surface area contributed by atoms with Gasteiger partial charge in [-0.1, -0.05) is 39.3 Å². The lowest BCUT2D eigenvalue weighted by molar-refractivity contribution is -0.110. The smallest absolute Gasteiger partial charge is 0.177 e. The highest BCUT2D eigenvalue weighted by atomic mass is 16.5. The Morgan fingerprint density at radius 2 is 1.76 bits per heavy atom. The molecule has 0 aliphatic carbocycles. The third kappa shape index (κ3) is 13.8. The minimum absolute atomic E-state index is 0.0507. The second-order valence-corrected chi connectivity index (χ2v) is 5.20. The lowest BCUT2D eigenvalue weighted by atomic mass is 10.1. The lowest BCUT2D eigenvalue weighted by Gasteiger charge is -2.16. The van der Waals surface area contributed by atoms with Crippen molar-refractivity contribution in [3.05, 3.63) is 24.8 Å². The highest BCUT2D eigenvalue weighted by Gasteiger charge is 2.07. The van der Waals surface area contributed by atoms with Crippen molar-refractivity contribution in [2.75, 3.05) is 19.8 Å². The Kier molecular flexibility index (Phi) is 14.8. The van der Waals surface area contributed by atoms with E-state index in [-0.39, 0.29) is 11.9 Å². The summed E-state index contributed by atoms with van der Waals surface area (Å²) in [5.41, 5.74) is 0. The molecule has 0 saturated heterocycles. The Morgan fingerprint density at radius 3 is 2.43 bits per heavy atom. The minimum atomic E-state index is -0.0507. The number of hydrogen-bond donors (Lipinski definition) is 0. The van der Waals surface area contributed by atoms with Crippen molar-refractivity contribution >= 4 is 5.78 Å². The molecule has 0 fully saturated rings. The fraction of sp³-hybridized carbons (Fsp3) is 0.722. The predicted molar refractivity (Wildman–Crippen MR) is 88.6 cm³/mol. The van der Waals surface area contributed by atoms with Crippen molar-refractivity contribution in [1.29, 1.82) is 0 Å². The standard InChI is InChI=1S/C18H32O3/c1-4-7-14-20-15-10-13-18(21-16-8-5-2)12-9-11-17(19)6-3/h6,9,11,18H,3-5,7-8,10,12-16H2,1-2H3/b11-9+/t18-/m0/s1. The molecule has 0 aromatic heterocycles. The highest BCUT2D eigenvalue weighted by molar-refractivity contribution is 5.98. The molecular formula is C18H32O3. The molecule has 0 bridgehead atoms. The van der Waals surface area contributed by atoms with E-state index < -0.39 is 0 Å². The molecule has 0 aromatic carbocycles. The van der Waals surface area contributed by atoms with Crippen LogP contribution in [0.2, 0.25) is 0 Å². The van der Waals surface area contributed by atoms with E-state index in [0.29, 0.717) is 0 Å². The first-order valence-corrected chi connectivity index (χ1v) is 8.26. The van der Waals surface area contributed by atoms with Gasteiger partial charge < -0.3 is 9.47 Å². The Hall–Kier alpha value is -0.930. The van der Waals surface area contributed by atoms with Crippen LogP contribution in [0.15, 0.2) is 24.8 Å². The van der Waals surface area contributed by atoms with Crippen molar-refractivity contribution in [3.8, 4) is 0 Å². The molecule has 21 heavy (non-hydrogen) atoms. The van der Waals surface area contributed by atoms with Crippen molar-refractivity contribution in [3.63, 3.8) is 0 Å². The van der Waals surface area contributed by atoms with Gasteiger partial charge in [0.05, 0.1) is 6.10 Å². The maximum absolute atomic E-state index is 11.1. The van der Waals surface area contributed by atoms with E-state index in [1.54, 1.807) is 6.08 Å². The normalized spacial score (nSPS) is 12.7. The molecular weight excluding hydrogens is 264 g/mol. The number of rotatable bonds is 15. The Bertz CT molecular complexity index is 284. The summed E-state index contributed by atoms with van der Waals surface area (Å²) < 4.78 is 11.5. The third-order valence-corrected chi connectivity index (χ3v) is 3.19. The van der Waals surface area contributed by atoms with Crippen LogP contribution in [0.25, 0.3) is 0 Å². The maximum Gasteiger partial charge on any atom is 0.177 e. The average molecular weight is 296 g/mol. The van der Waals surface area contributed by atoms with Crippen LogP contribution in [0, 0.1) is 0 Å². The number of hydrogen-bond acceptors (Lipinski definition) is 3. The first kappa shape index (κ1) is 20.1. The maximum atomic E-state index is 11.1. The van der Waals surface area contributed by atoms with Crippen LogP contribution < -0.4 is 0 Å². The van der Waals surface area contributed by atoms with Gasteiger partial charge in [0.25, 0.3) is 0 Å². The molecule has 0 saturated carbocycles. The van der Waals surface area contributed by atoms with E-state index in [2.05, 4.69) is 20.4 Å². The minimum Gasteiger partial charge on any atom is -0.381 e. The van der Waals surface area contributed by atoms with Gasteiger partial charge >= 0.3 is 0 Å². The molecule has 0 spiro atoms. The molecule has 0 rings (SSSR count). The van der Waals surface area contributed by atoms with Crippen LogP contribution in [-0.4, -0.2) is 31.7 Å². The van der Waals surface area contributed by atoms with Crippen LogP contribution in [0.4, 0.5) is 0 Å². The lowest BCUT2D eigenvalue weighted by Crippen LogP contribution is -2.14. The molecule has 0 N–H and O–H groups in total. The fourth-order valence-electron chi connectivity index (χ4n) is 1.83. The van der Waals surface area contributed by atoms with Gasteiger partial charge in [0, 0.05) is 19.8 Å². The van der Waals surface area contributed by atoms with Crippen molar-refractivity contribution in [2.24, 2.45) is 0 Å². The zero-order valence-corrected chi connectivity index (χ0v) is 13.8. The number of carbonyl (C=O) groups excluding carboxylic acids is 1. The van der Waals surface area contributed by atoms with Gasteiger partial charge in [-0.2, -0.15) is 0 Å². The first-order valence-electron chi connectivity index (χ1n) is 8.26. The third-order valence-electron chi connectivity index (χ3n) is 3.19. The molecule has 0 heterocycles. The molecule has 0 aromatic rings. The zero-order valence-electron chi connectivity index (χ0n) is 13.8. The van der Waals surface area contributed by atoms with Gasteiger partial charge in [-0.05, 0) is 44.3 Å². The van der Waals surface area contributed by atoms with Crippen molar-refractivity contribution in [1.82, 2.24) is 0 Å². The SMILES string of the molecule is C=CC(=O)/C=C/C[C@@H](CCCOCCCC)OCCCC. The Morgan fingerprint density at radius 1 is 1.10 bits per heavy atom. The summed E-state index contributed by atoms with van der Waals surface area (Å²) in [5, 5.41) is 0. The van der Waals surface area contributed by atoms with Crippen molar-refractivity contribution in [2.45, 2.75) is 64.9 Å². The molecule has 0 radical (unpaired) electrons. The molecule has 0 aliphatic rings. The molecule has 3 heteroatoms. The number of ether oxygens (including phenoxy) is 2. The van der Waals surface area contributed by atoms with Gasteiger partial charge in [0.15, 0.2) is 5.78 Å². The molecule has 0 amide bonds. The summed E-state index contributed by atoms with van der Waals surface area (Å²) in [4.78, 5) is 11.1. The summed E-state index contributed by atoms with van der Waals surface area (Å²) in [6.45, 7) is 10.2. The molecule has 0 unspecified atom stereocenters. The van der Waals surface area contributed by atoms with Crippen LogP contribution in [0.1, 0.15) is 58.8 Å². The van der Waals surface area contributed by atoms with Crippen LogP contribution in [-0.2, 0) is 14.3 Å². The summed E-state index contributed by atoms with van der Waals surface area (Å²) in [6, 6.07) is 0. The number of ketones is 1. The fourth-order valence-corrected chi connectivity index (χ4v) is 1.83. The number of carbonyl (C=O) groups is 1. The van der Waals surface area contributed by atoms with Crippen LogP contribution in [0.3, 0.4) is 0 Å². The molecule has 122 valence electrons. The molecule has 0 aliphatic heterocycles. The van der Waals surface area contributed by atoms with E-state index >= 15 is 0 Å². The summed E-state index contributed by atoms with van der Waals surface area (Å²) in [5.74, 6) is -0.0507. The molecule has 3 nitrogen and oxygen atoms in total. The van der Waals surface area contributed by atoms with Gasteiger partial charge in [0.2, 0.25) is 0 Å². The number of unbranched alkanes of at least 4 members (excludes halogenated alkanes) is 2. The average Bonchev–Trinajstić information content (AvgIpc) is 2.50. The number of allylic oxidation sites excluding steroid dienone is 2. The highest BCUT2D eigenvalue weighted by Crippen LogP contribution is 2.10. The predicted octanol–water partition coefficient (Wildman–Crippen LogP) is 4.47. The van der Waals surface area contributed by atoms with E-state index in [0.717, 1.165) is 58.3 Å². The van der Waals surface area contributed by atoms with E-state index in [1.807, 2.05) is 6.08 Å². The van der Waals surface area contributed by atoms with Gasteiger partial charge in [-0.15, -0.1) is 0 Å². The topological polar surface area (TPSA) is 35.5 Å². The van der Waals surface area contributed by atoms with E-state index in [4.69, 9.17) is 9.47 Å². The monoisotopic (exact) mass is 296 g/mol. The van der Waals surface area contributed by atoms with Crippen LogP contribution >= 0.6 is 0 Å². The summed E-state index contributed by atoms with van der Waals surface area (Å²) in [6.07, 6.45) is 12.2. The van der Waals surface area contributed by atoms with Gasteiger partial charge in [-0.25, -0.2) is 0 Å². The molecule has 1 atom stereocenters. The van der Waals surface area contributed by atoms with Crippen molar-refractivity contribution < 1.29 is 14.3 Å². The second-order valence-electron chi connectivity index (χ2n) is 5.20. The van der Waals surface area contributed by atoms with Gasteiger partial charge in [0.1, 0.15) is 0 Å². The zero-order chi connectivity index (χ0) is 15.8. The van der Waals surface area contributed by atoms with E-state index in [1.165, 1.54) is 12.5 Å². The first-order chi connectivity index (χ1) is 10.2. The largest absolute Gasteiger partial charge is 0.381 e. The van der Waals surface area contributed by atoms with E-state index in [9.17, 15) is 4.79 Å².